The SMILES string of the molecule is CCCCC/C=C/C/C=C/C/C=C/C/C=C/C/C=C/CCC(=O)O[C@H](COC(=O)CCC/C=C/C/C=C/C/C=C/C/C=C/CCCCCCCCC)COP(=O)(O)OCC[N+](C)(C)C. The van der Waals surface area contributed by atoms with Crippen molar-refractivity contribution in [1.82, 2.24) is 0 Å². The molecule has 0 aliphatic rings. The van der Waals surface area contributed by atoms with Crippen molar-refractivity contribution < 1.29 is 42.1 Å². The number of hydrogen-bond acceptors (Lipinski definition) is 7. The van der Waals surface area contributed by atoms with Crippen LogP contribution in [0, 0.1) is 0 Å². The number of phosphoric ester groups is 1. The van der Waals surface area contributed by atoms with Crippen molar-refractivity contribution in [1.29, 1.82) is 0 Å². The van der Waals surface area contributed by atoms with Crippen LogP contribution in [0.25, 0.3) is 0 Å². The Morgan fingerprint density at radius 1 is 0.484 bits per heavy atom. The van der Waals surface area contributed by atoms with E-state index in [2.05, 4.69) is 111 Å². The van der Waals surface area contributed by atoms with Crippen LogP contribution in [0.4, 0.5) is 0 Å². The Balaban J connectivity index is 4.53. The molecule has 0 rings (SSSR count). The first-order valence-corrected chi connectivity index (χ1v) is 26.1. The Labute approximate surface area is 391 Å². The smallest absolute Gasteiger partial charge is 0.462 e. The van der Waals surface area contributed by atoms with Crippen LogP contribution in [0.3, 0.4) is 0 Å². The third-order valence-corrected chi connectivity index (χ3v) is 10.8. The monoisotopic (exact) mass is 913 g/mol. The predicted octanol–water partition coefficient (Wildman–Crippen LogP) is 14.7. The Bertz CT molecular complexity index is 1450. The summed E-state index contributed by atoms with van der Waals surface area (Å²) in [5, 5.41) is 0. The number of hydrogen-bond donors (Lipinski definition) is 1. The summed E-state index contributed by atoms with van der Waals surface area (Å²) in [6, 6.07) is 0. The van der Waals surface area contributed by atoms with Crippen LogP contribution in [-0.2, 0) is 32.7 Å². The van der Waals surface area contributed by atoms with Crippen LogP contribution < -0.4 is 0 Å². The molecule has 0 saturated heterocycles. The number of carbonyl (C=O) groups excluding carboxylic acids is 2. The minimum Gasteiger partial charge on any atom is -0.462 e. The summed E-state index contributed by atoms with van der Waals surface area (Å²) in [6.07, 6.45) is 61.7. The normalized spacial score (nSPS) is 14.4. The summed E-state index contributed by atoms with van der Waals surface area (Å²) >= 11 is 0. The van der Waals surface area contributed by atoms with Crippen molar-refractivity contribution in [2.75, 3.05) is 47.5 Å². The molecule has 0 aromatic carbocycles. The van der Waals surface area contributed by atoms with E-state index < -0.39 is 32.5 Å². The van der Waals surface area contributed by atoms with Gasteiger partial charge in [0, 0.05) is 12.8 Å². The van der Waals surface area contributed by atoms with Crippen LogP contribution in [0.15, 0.2) is 109 Å². The van der Waals surface area contributed by atoms with Gasteiger partial charge >= 0.3 is 19.8 Å². The topological polar surface area (TPSA) is 108 Å². The number of carbonyl (C=O) groups is 2. The zero-order valence-corrected chi connectivity index (χ0v) is 41.9. The molecule has 9 nitrogen and oxygen atoms in total. The fourth-order valence-corrected chi connectivity index (χ4v) is 6.67. The first-order chi connectivity index (χ1) is 31.0. The second kappa shape index (κ2) is 44.9. The van der Waals surface area contributed by atoms with E-state index in [0.29, 0.717) is 23.9 Å². The lowest BCUT2D eigenvalue weighted by molar-refractivity contribution is -0.870. The van der Waals surface area contributed by atoms with E-state index in [1.165, 1.54) is 77.0 Å². The summed E-state index contributed by atoms with van der Waals surface area (Å²) < 4.78 is 34.2. The number of unbranched alkanes of at least 4 members (excludes halogenated alkanes) is 11. The first kappa shape index (κ1) is 60.7. The van der Waals surface area contributed by atoms with Gasteiger partial charge in [-0.2, -0.15) is 0 Å². The quantitative estimate of drug-likeness (QED) is 0.0212. The van der Waals surface area contributed by atoms with E-state index in [1.54, 1.807) is 0 Å². The second-order valence-electron chi connectivity index (χ2n) is 17.1. The lowest BCUT2D eigenvalue weighted by atomic mass is 10.1. The van der Waals surface area contributed by atoms with E-state index in [4.69, 9.17) is 18.5 Å². The highest BCUT2D eigenvalue weighted by Gasteiger charge is 2.27. The molecule has 0 aromatic rings. The van der Waals surface area contributed by atoms with Crippen LogP contribution in [0.5, 0.6) is 0 Å². The van der Waals surface area contributed by atoms with Gasteiger partial charge in [0.2, 0.25) is 0 Å². The van der Waals surface area contributed by atoms with Gasteiger partial charge in [-0.15, -0.1) is 0 Å². The average Bonchev–Trinajstić information content (AvgIpc) is 3.25. The molecular formula is C54H91NO8P+. The number of nitrogens with zero attached hydrogens (tertiary/aromatic N) is 1. The van der Waals surface area contributed by atoms with Crippen LogP contribution in [-0.4, -0.2) is 74.9 Å². The van der Waals surface area contributed by atoms with E-state index >= 15 is 0 Å². The standard InChI is InChI=1S/C54H90NO8P/c1-6-8-10-12-14-16-18-20-22-24-26-27-29-30-32-34-36-38-40-42-44-46-53(56)60-50-52(51-62-64(58,59)61-49-48-55(3,4)5)63-54(57)47-45-43-41-39-37-35-33-31-28-25-23-21-19-17-15-13-11-9-7-2/h15,17,21-24,27-29,31-32,34-35,37-38,40-41,43,52H,6-14,16,18-20,25-26,30,33,36,39,42,44-51H2,1-5H3/p+1/b17-15+,23-21+,24-22+,29-27+,31-28+,34-32+,37-35+,40-38+,43-41+/t52-/m1/s1. The van der Waals surface area contributed by atoms with Gasteiger partial charge in [0.05, 0.1) is 27.7 Å². The Hall–Kier alpha value is -3.33. The maximum Gasteiger partial charge on any atom is 0.472 e. The number of quaternary nitrogens is 1. The van der Waals surface area contributed by atoms with Gasteiger partial charge in [-0.25, -0.2) is 4.57 Å². The zero-order valence-electron chi connectivity index (χ0n) is 41.0. The minimum absolute atomic E-state index is 0.00367. The van der Waals surface area contributed by atoms with Crippen LogP contribution >= 0.6 is 7.82 Å². The van der Waals surface area contributed by atoms with Gasteiger partial charge in [-0.05, 0) is 89.9 Å². The molecule has 0 aromatic heterocycles. The number of esters is 2. The lowest BCUT2D eigenvalue weighted by Crippen LogP contribution is -2.37. The van der Waals surface area contributed by atoms with E-state index in [1.807, 2.05) is 33.3 Å². The van der Waals surface area contributed by atoms with Crippen molar-refractivity contribution in [2.45, 2.75) is 174 Å². The van der Waals surface area contributed by atoms with E-state index in [0.717, 1.165) is 51.4 Å². The average molecular weight is 913 g/mol. The predicted molar refractivity (Wildman–Crippen MR) is 270 cm³/mol. The van der Waals surface area contributed by atoms with Crippen molar-refractivity contribution >= 4 is 19.8 Å². The number of allylic oxidation sites excluding steroid dienone is 18. The first-order valence-electron chi connectivity index (χ1n) is 24.6. The molecule has 1 unspecified atom stereocenters. The molecule has 10 heteroatoms. The van der Waals surface area contributed by atoms with E-state index in [9.17, 15) is 19.0 Å². The van der Waals surface area contributed by atoms with Gasteiger partial charge in [0.25, 0.3) is 0 Å². The van der Waals surface area contributed by atoms with Gasteiger partial charge < -0.3 is 18.9 Å². The van der Waals surface area contributed by atoms with Crippen LogP contribution in [0.1, 0.15) is 168 Å². The van der Waals surface area contributed by atoms with Gasteiger partial charge in [0.1, 0.15) is 19.8 Å². The number of likely N-dealkylation sites (N-methyl/N-ethyl adjacent to an activating group) is 1. The molecule has 0 saturated carbocycles. The summed E-state index contributed by atoms with van der Waals surface area (Å²) in [5.74, 6) is -0.970. The molecule has 2 atom stereocenters. The Morgan fingerprint density at radius 2 is 0.875 bits per heavy atom. The molecule has 364 valence electrons. The van der Waals surface area contributed by atoms with Gasteiger partial charge in [-0.3, -0.25) is 18.6 Å². The van der Waals surface area contributed by atoms with Crippen LogP contribution in [0.2, 0.25) is 0 Å². The number of ether oxygens (including phenoxy) is 2. The Kier molecular flexibility index (Phi) is 42.5. The van der Waals surface area contributed by atoms with Crippen molar-refractivity contribution in [3.8, 4) is 0 Å². The fourth-order valence-electron chi connectivity index (χ4n) is 5.93. The maximum atomic E-state index is 12.7. The highest BCUT2D eigenvalue weighted by molar-refractivity contribution is 7.47. The summed E-state index contributed by atoms with van der Waals surface area (Å²) in [4.78, 5) is 35.4. The molecule has 0 spiro atoms. The number of rotatable bonds is 43. The third-order valence-electron chi connectivity index (χ3n) is 9.79. The fraction of sp³-hybridized carbons (Fsp3) is 0.630. The highest BCUT2D eigenvalue weighted by Crippen LogP contribution is 2.43. The molecular weight excluding hydrogens is 822 g/mol. The van der Waals surface area contributed by atoms with E-state index in [-0.39, 0.29) is 26.1 Å². The molecule has 0 heterocycles. The Morgan fingerprint density at radius 3 is 1.34 bits per heavy atom. The molecule has 0 bridgehead atoms. The minimum atomic E-state index is -4.42. The second-order valence-corrected chi connectivity index (χ2v) is 18.6. The third kappa shape index (κ3) is 48.1. The zero-order chi connectivity index (χ0) is 47.1. The summed E-state index contributed by atoms with van der Waals surface area (Å²) in [5.41, 5.74) is 0. The molecule has 0 aliphatic carbocycles. The molecule has 0 amide bonds. The lowest BCUT2D eigenvalue weighted by Gasteiger charge is -2.24. The molecule has 0 aliphatic heterocycles. The largest absolute Gasteiger partial charge is 0.472 e. The van der Waals surface area contributed by atoms with Crippen molar-refractivity contribution in [2.24, 2.45) is 0 Å². The van der Waals surface area contributed by atoms with Crippen molar-refractivity contribution in [3.63, 3.8) is 0 Å². The molecule has 64 heavy (non-hydrogen) atoms. The number of phosphoric acid groups is 1. The summed E-state index contributed by atoms with van der Waals surface area (Å²) in [6.45, 7) is 4.22. The maximum absolute atomic E-state index is 12.7. The summed E-state index contributed by atoms with van der Waals surface area (Å²) in [7, 11) is 1.38. The van der Waals surface area contributed by atoms with Gasteiger partial charge in [-0.1, -0.05) is 175 Å². The van der Waals surface area contributed by atoms with Gasteiger partial charge in [0.15, 0.2) is 6.10 Å². The van der Waals surface area contributed by atoms with Crippen molar-refractivity contribution in [3.05, 3.63) is 109 Å². The molecule has 0 fully saturated rings. The molecule has 0 radical (unpaired) electrons. The highest BCUT2D eigenvalue weighted by atomic mass is 31.2. The molecule has 1 N–H and O–H groups in total.